The molecular weight excluding hydrogens is 393 g/mol. The van der Waals surface area contributed by atoms with Crippen molar-refractivity contribution in [3.63, 3.8) is 0 Å². The van der Waals surface area contributed by atoms with Crippen LogP contribution >= 0.6 is 34.5 Å². The Morgan fingerprint density at radius 1 is 1.19 bits per heavy atom. The number of hydrogen-bond acceptors (Lipinski definition) is 5. The van der Waals surface area contributed by atoms with E-state index in [0.29, 0.717) is 33.2 Å². The first-order valence-electron chi connectivity index (χ1n) is 7.77. The van der Waals surface area contributed by atoms with Crippen LogP contribution in [-0.2, 0) is 0 Å². The summed E-state index contributed by atoms with van der Waals surface area (Å²) < 4.78 is 5.41. The molecular formula is C18H15Cl2N3O2S. The largest absolute Gasteiger partial charge is 0.494 e. The van der Waals surface area contributed by atoms with Gasteiger partial charge in [0.05, 0.1) is 17.3 Å². The Morgan fingerprint density at radius 3 is 2.69 bits per heavy atom. The van der Waals surface area contributed by atoms with Gasteiger partial charge >= 0.3 is 0 Å². The quantitative estimate of drug-likeness (QED) is 0.538. The SMILES string of the molecule is CCOc1ccc(Nc2nc(C(=O)Nc3cc(Cl)ccc3Cl)cs2)cc1. The highest BCUT2D eigenvalue weighted by Crippen LogP contribution is 2.27. The Bertz CT molecular complexity index is 913. The van der Waals surface area contributed by atoms with Gasteiger partial charge in [-0.05, 0) is 49.4 Å². The van der Waals surface area contributed by atoms with Gasteiger partial charge in [0.2, 0.25) is 0 Å². The molecule has 0 atom stereocenters. The number of thiazole rings is 1. The maximum absolute atomic E-state index is 12.3. The molecule has 0 aliphatic heterocycles. The van der Waals surface area contributed by atoms with Crippen molar-refractivity contribution in [3.8, 4) is 5.75 Å². The number of ether oxygens (including phenoxy) is 1. The van der Waals surface area contributed by atoms with Gasteiger partial charge in [-0.15, -0.1) is 11.3 Å². The first kappa shape index (κ1) is 18.5. The number of amides is 1. The maximum atomic E-state index is 12.3. The topological polar surface area (TPSA) is 63.2 Å². The number of anilines is 3. The molecule has 0 bridgehead atoms. The highest BCUT2D eigenvalue weighted by atomic mass is 35.5. The number of rotatable bonds is 6. The number of nitrogens with zero attached hydrogens (tertiary/aromatic N) is 1. The number of carbonyl (C=O) groups excluding carboxylic acids is 1. The van der Waals surface area contributed by atoms with Crippen LogP contribution in [0.4, 0.5) is 16.5 Å². The molecule has 2 N–H and O–H groups in total. The van der Waals surface area contributed by atoms with Crippen LogP contribution in [0.1, 0.15) is 17.4 Å². The molecule has 1 heterocycles. The lowest BCUT2D eigenvalue weighted by Crippen LogP contribution is -2.12. The van der Waals surface area contributed by atoms with E-state index in [0.717, 1.165) is 11.4 Å². The van der Waals surface area contributed by atoms with Crippen molar-refractivity contribution < 1.29 is 9.53 Å². The second kappa shape index (κ2) is 8.40. The third-order valence-electron chi connectivity index (χ3n) is 3.33. The summed E-state index contributed by atoms with van der Waals surface area (Å²) in [6.45, 7) is 2.55. The van der Waals surface area contributed by atoms with E-state index in [9.17, 15) is 4.79 Å². The van der Waals surface area contributed by atoms with Gasteiger partial charge in [-0.3, -0.25) is 4.79 Å². The molecule has 5 nitrogen and oxygen atoms in total. The van der Waals surface area contributed by atoms with E-state index in [1.165, 1.54) is 11.3 Å². The summed E-state index contributed by atoms with van der Waals surface area (Å²) in [4.78, 5) is 16.6. The van der Waals surface area contributed by atoms with E-state index < -0.39 is 0 Å². The van der Waals surface area contributed by atoms with E-state index in [1.54, 1.807) is 23.6 Å². The summed E-state index contributed by atoms with van der Waals surface area (Å²) >= 11 is 13.3. The van der Waals surface area contributed by atoms with Crippen molar-refractivity contribution in [1.82, 2.24) is 4.98 Å². The minimum atomic E-state index is -0.356. The Labute approximate surface area is 164 Å². The lowest BCUT2D eigenvalue weighted by molar-refractivity contribution is 0.102. The third kappa shape index (κ3) is 4.66. The fraction of sp³-hybridized carbons (Fsp3) is 0.111. The first-order chi connectivity index (χ1) is 12.5. The smallest absolute Gasteiger partial charge is 0.275 e. The molecule has 2 aromatic carbocycles. The van der Waals surface area contributed by atoms with E-state index in [-0.39, 0.29) is 5.91 Å². The van der Waals surface area contributed by atoms with Crippen LogP contribution in [0.25, 0.3) is 0 Å². The number of aromatic nitrogens is 1. The number of halogens is 2. The van der Waals surface area contributed by atoms with Gasteiger partial charge in [-0.1, -0.05) is 23.2 Å². The number of nitrogens with one attached hydrogen (secondary N) is 2. The van der Waals surface area contributed by atoms with Gasteiger partial charge in [0.1, 0.15) is 11.4 Å². The van der Waals surface area contributed by atoms with Crippen LogP contribution in [0.2, 0.25) is 10.0 Å². The van der Waals surface area contributed by atoms with Crippen molar-refractivity contribution in [2.75, 3.05) is 17.2 Å². The predicted octanol–water partition coefficient (Wildman–Crippen LogP) is 5.84. The van der Waals surface area contributed by atoms with E-state index in [1.807, 2.05) is 31.2 Å². The average Bonchev–Trinajstić information content (AvgIpc) is 3.09. The Balaban J connectivity index is 1.67. The second-order valence-electron chi connectivity index (χ2n) is 5.20. The summed E-state index contributed by atoms with van der Waals surface area (Å²) in [5.41, 5.74) is 1.59. The molecule has 0 radical (unpaired) electrons. The Morgan fingerprint density at radius 2 is 1.96 bits per heavy atom. The number of carbonyl (C=O) groups is 1. The van der Waals surface area contributed by atoms with Gasteiger partial charge in [-0.2, -0.15) is 0 Å². The third-order valence-corrected chi connectivity index (χ3v) is 4.65. The highest BCUT2D eigenvalue weighted by Gasteiger charge is 2.13. The van der Waals surface area contributed by atoms with Crippen LogP contribution in [0, 0.1) is 0 Å². The molecule has 0 fully saturated rings. The Hall–Kier alpha value is -2.28. The van der Waals surface area contributed by atoms with Gasteiger partial charge in [-0.25, -0.2) is 4.98 Å². The molecule has 1 amide bonds. The molecule has 0 aliphatic carbocycles. The van der Waals surface area contributed by atoms with Crippen molar-refractivity contribution in [3.05, 3.63) is 63.6 Å². The van der Waals surface area contributed by atoms with E-state index >= 15 is 0 Å². The standard InChI is InChI=1S/C18H15Cl2N3O2S/c1-2-25-13-6-4-12(5-7-13)21-18-23-16(10-26-18)17(24)22-15-9-11(19)3-8-14(15)20/h3-10H,2H2,1H3,(H,21,23)(H,22,24). The highest BCUT2D eigenvalue weighted by molar-refractivity contribution is 7.14. The van der Waals surface area contributed by atoms with Gasteiger partial charge in [0.15, 0.2) is 5.13 Å². The van der Waals surface area contributed by atoms with Crippen LogP contribution in [0.3, 0.4) is 0 Å². The minimum absolute atomic E-state index is 0.291. The van der Waals surface area contributed by atoms with Crippen molar-refractivity contribution in [2.24, 2.45) is 0 Å². The zero-order chi connectivity index (χ0) is 18.5. The summed E-state index contributed by atoms with van der Waals surface area (Å²) in [5, 5.41) is 9.04. The molecule has 26 heavy (non-hydrogen) atoms. The molecule has 0 saturated heterocycles. The molecule has 1 aromatic heterocycles. The second-order valence-corrected chi connectivity index (χ2v) is 6.90. The molecule has 3 rings (SSSR count). The van der Waals surface area contributed by atoms with Crippen molar-refractivity contribution in [1.29, 1.82) is 0 Å². The Kier molecular flexibility index (Phi) is 5.98. The monoisotopic (exact) mass is 407 g/mol. The molecule has 0 aliphatic rings. The van der Waals surface area contributed by atoms with Gasteiger partial charge in [0, 0.05) is 16.1 Å². The van der Waals surface area contributed by atoms with Crippen LogP contribution in [-0.4, -0.2) is 17.5 Å². The van der Waals surface area contributed by atoms with Crippen LogP contribution in [0.5, 0.6) is 5.75 Å². The zero-order valence-corrected chi connectivity index (χ0v) is 16.1. The fourth-order valence-electron chi connectivity index (χ4n) is 2.14. The number of benzene rings is 2. The van der Waals surface area contributed by atoms with Gasteiger partial charge < -0.3 is 15.4 Å². The lowest BCUT2D eigenvalue weighted by atomic mass is 10.3. The summed E-state index contributed by atoms with van der Waals surface area (Å²) in [7, 11) is 0. The lowest BCUT2D eigenvalue weighted by Gasteiger charge is -2.06. The molecule has 134 valence electrons. The van der Waals surface area contributed by atoms with Crippen LogP contribution in [0.15, 0.2) is 47.8 Å². The fourth-order valence-corrected chi connectivity index (χ4v) is 3.19. The van der Waals surface area contributed by atoms with E-state index in [4.69, 9.17) is 27.9 Å². The number of hydrogen-bond donors (Lipinski definition) is 2. The molecule has 0 spiro atoms. The molecule has 3 aromatic rings. The zero-order valence-electron chi connectivity index (χ0n) is 13.8. The molecule has 8 heteroatoms. The van der Waals surface area contributed by atoms with Crippen molar-refractivity contribution >= 4 is 57.0 Å². The normalized spacial score (nSPS) is 10.4. The molecule has 0 saturated carbocycles. The molecule has 0 unspecified atom stereocenters. The maximum Gasteiger partial charge on any atom is 0.275 e. The summed E-state index contributed by atoms with van der Waals surface area (Å²) in [6.07, 6.45) is 0. The predicted molar refractivity (Wildman–Crippen MR) is 107 cm³/mol. The van der Waals surface area contributed by atoms with Crippen molar-refractivity contribution in [2.45, 2.75) is 6.92 Å². The average molecular weight is 408 g/mol. The summed E-state index contributed by atoms with van der Waals surface area (Å²) in [6, 6.07) is 12.4. The summed E-state index contributed by atoms with van der Waals surface area (Å²) in [5.74, 6) is 0.445. The van der Waals surface area contributed by atoms with Gasteiger partial charge in [0.25, 0.3) is 5.91 Å². The minimum Gasteiger partial charge on any atom is -0.494 e. The van der Waals surface area contributed by atoms with E-state index in [2.05, 4.69) is 15.6 Å². The first-order valence-corrected chi connectivity index (χ1v) is 9.40. The van der Waals surface area contributed by atoms with Crippen LogP contribution < -0.4 is 15.4 Å².